The van der Waals surface area contributed by atoms with Crippen molar-refractivity contribution in [3.63, 3.8) is 0 Å². The minimum absolute atomic E-state index is 0.0407. The van der Waals surface area contributed by atoms with Crippen LogP contribution in [0.3, 0.4) is 0 Å². The van der Waals surface area contributed by atoms with Crippen LogP contribution in [0.1, 0.15) is 24.8 Å². The van der Waals surface area contributed by atoms with Crippen LogP contribution in [0.2, 0.25) is 0 Å². The zero-order valence-corrected chi connectivity index (χ0v) is 11.2. The van der Waals surface area contributed by atoms with Crippen LogP contribution >= 0.6 is 0 Å². The molecular weight excluding hydrogens is 258 g/mol. The maximum absolute atomic E-state index is 10.4. The Balaban J connectivity index is 1.85. The number of hydrogen-bond acceptors (Lipinski definition) is 5. The van der Waals surface area contributed by atoms with Crippen molar-refractivity contribution in [1.29, 1.82) is 5.26 Å². The molecule has 6 nitrogen and oxygen atoms in total. The minimum Gasteiger partial charge on any atom is -0.481 e. The Morgan fingerprint density at radius 1 is 1.55 bits per heavy atom. The maximum Gasteiger partial charge on any atom is 0.305 e. The number of piperidine rings is 1. The maximum atomic E-state index is 10.4. The van der Waals surface area contributed by atoms with E-state index in [1.54, 1.807) is 18.3 Å². The zero-order valence-electron chi connectivity index (χ0n) is 11.2. The molecule has 0 saturated carbocycles. The molecule has 0 bridgehead atoms. The van der Waals surface area contributed by atoms with Crippen LogP contribution in [0.15, 0.2) is 18.3 Å². The lowest BCUT2D eigenvalue weighted by atomic mass is 10.1. The summed E-state index contributed by atoms with van der Waals surface area (Å²) in [5.41, 5.74) is 0.581. The average molecular weight is 275 g/mol. The predicted octanol–water partition coefficient (Wildman–Crippen LogP) is 1.41. The molecule has 0 aromatic carbocycles. The molecule has 1 N–H and O–H groups in total. The molecule has 1 saturated heterocycles. The van der Waals surface area contributed by atoms with Crippen molar-refractivity contribution in [3.8, 4) is 6.07 Å². The number of aliphatic carboxylic acids is 1. The number of anilines is 1. The molecule has 0 atom stereocenters. The summed E-state index contributed by atoms with van der Waals surface area (Å²) in [6.45, 7) is 1.79. The summed E-state index contributed by atoms with van der Waals surface area (Å²) >= 11 is 0. The lowest BCUT2D eigenvalue weighted by molar-refractivity contribution is -0.138. The Morgan fingerprint density at radius 3 is 2.95 bits per heavy atom. The van der Waals surface area contributed by atoms with E-state index in [1.807, 2.05) is 0 Å². The molecule has 0 aliphatic carbocycles. The fourth-order valence-electron chi connectivity index (χ4n) is 2.28. The van der Waals surface area contributed by atoms with Crippen molar-refractivity contribution in [2.75, 3.05) is 24.6 Å². The second-order valence-electron chi connectivity index (χ2n) is 4.69. The van der Waals surface area contributed by atoms with Gasteiger partial charge in [0.15, 0.2) is 0 Å². The number of hydrogen-bond donors (Lipinski definition) is 1. The average Bonchev–Trinajstić information content (AvgIpc) is 2.47. The number of rotatable bonds is 5. The number of carboxylic acid groups (broad SMARTS) is 1. The monoisotopic (exact) mass is 275 g/mol. The first-order valence-corrected chi connectivity index (χ1v) is 6.64. The van der Waals surface area contributed by atoms with Gasteiger partial charge in [0.05, 0.1) is 24.7 Å². The molecule has 1 aliphatic heterocycles. The molecular formula is C14H17N3O3. The van der Waals surface area contributed by atoms with Gasteiger partial charge in [0.2, 0.25) is 0 Å². The fraction of sp³-hybridized carbons (Fsp3) is 0.500. The molecule has 2 rings (SSSR count). The summed E-state index contributed by atoms with van der Waals surface area (Å²) in [6.07, 6.45) is 3.46. The summed E-state index contributed by atoms with van der Waals surface area (Å²) < 4.78 is 5.54. The van der Waals surface area contributed by atoms with Crippen molar-refractivity contribution >= 4 is 11.8 Å². The van der Waals surface area contributed by atoms with Gasteiger partial charge in [-0.1, -0.05) is 0 Å². The van der Waals surface area contributed by atoms with Gasteiger partial charge in [-0.05, 0) is 25.0 Å². The van der Waals surface area contributed by atoms with Crippen LogP contribution in [0.25, 0.3) is 0 Å². The molecule has 6 heteroatoms. The number of ether oxygens (including phenoxy) is 1. The number of carboxylic acids is 1. The third-order valence-electron chi connectivity index (χ3n) is 3.32. The highest BCUT2D eigenvalue weighted by molar-refractivity contribution is 5.66. The number of nitriles is 1. The van der Waals surface area contributed by atoms with Crippen LogP contribution in [-0.4, -0.2) is 41.9 Å². The third-order valence-corrected chi connectivity index (χ3v) is 3.32. The molecule has 1 aromatic rings. The lowest BCUT2D eigenvalue weighted by Crippen LogP contribution is -2.38. The van der Waals surface area contributed by atoms with Gasteiger partial charge in [-0.25, -0.2) is 4.98 Å². The summed E-state index contributed by atoms with van der Waals surface area (Å²) in [6, 6.07) is 5.67. The molecule has 106 valence electrons. The minimum atomic E-state index is -0.838. The van der Waals surface area contributed by atoms with Crippen molar-refractivity contribution in [2.24, 2.45) is 0 Å². The number of carbonyl (C=O) groups is 1. The normalized spacial score (nSPS) is 15.8. The van der Waals surface area contributed by atoms with E-state index < -0.39 is 5.97 Å². The largest absolute Gasteiger partial charge is 0.481 e. The van der Waals surface area contributed by atoms with Crippen LogP contribution < -0.4 is 4.90 Å². The first-order chi connectivity index (χ1) is 9.70. The molecule has 0 unspecified atom stereocenters. The number of pyridine rings is 1. The second-order valence-corrected chi connectivity index (χ2v) is 4.69. The summed E-state index contributed by atoms with van der Waals surface area (Å²) in [5.74, 6) is -0.117. The summed E-state index contributed by atoms with van der Waals surface area (Å²) in [4.78, 5) is 16.8. The van der Waals surface area contributed by atoms with Gasteiger partial charge < -0.3 is 14.7 Å². The molecule has 0 amide bonds. The van der Waals surface area contributed by atoms with E-state index in [-0.39, 0.29) is 19.1 Å². The van der Waals surface area contributed by atoms with Crippen LogP contribution in [-0.2, 0) is 9.53 Å². The number of nitrogens with zero attached hydrogens (tertiary/aromatic N) is 3. The van der Waals surface area contributed by atoms with Gasteiger partial charge in [0, 0.05) is 19.3 Å². The highest BCUT2D eigenvalue weighted by Gasteiger charge is 2.22. The molecule has 0 radical (unpaired) electrons. The van der Waals surface area contributed by atoms with Crippen LogP contribution in [0.4, 0.5) is 5.82 Å². The Morgan fingerprint density at radius 2 is 2.30 bits per heavy atom. The smallest absolute Gasteiger partial charge is 0.305 e. The standard InChI is InChI=1S/C14H17N3O3/c15-10-11-2-1-6-16-14(11)17-7-3-12(4-8-17)20-9-5-13(18)19/h1-2,6,12H,3-5,7-9H2,(H,18,19). The number of aromatic nitrogens is 1. The van der Waals surface area contributed by atoms with Gasteiger partial charge in [-0.15, -0.1) is 0 Å². The first kappa shape index (κ1) is 14.3. The van der Waals surface area contributed by atoms with Gasteiger partial charge in [-0.2, -0.15) is 5.26 Å². The molecule has 20 heavy (non-hydrogen) atoms. The zero-order chi connectivity index (χ0) is 14.4. The molecule has 0 spiro atoms. The summed E-state index contributed by atoms with van der Waals surface area (Å²) in [5, 5.41) is 17.6. The summed E-state index contributed by atoms with van der Waals surface area (Å²) in [7, 11) is 0. The quantitative estimate of drug-likeness (QED) is 0.874. The Labute approximate surface area is 117 Å². The molecule has 2 heterocycles. The SMILES string of the molecule is N#Cc1cccnc1N1CCC(OCCC(=O)O)CC1. The van der Waals surface area contributed by atoms with E-state index in [1.165, 1.54) is 0 Å². The van der Waals surface area contributed by atoms with Gasteiger partial charge in [0.25, 0.3) is 0 Å². The van der Waals surface area contributed by atoms with Crippen LogP contribution in [0.5, 0.6) is 0 Å². The topological polar surface area (TPSA) is 86.5 Å². The van der Waals surface area contributed by atoms with Crippen molar-refractivity contribution in [2.45, 2.75) is 25.4 Å². The Kier molecular flexibility index (Phi) is 4.91. The van der Waals surface area contributed by atoms with Gasteiger partial charge >= 0.3 is 5.97 Å². The molecule has 1 aromatic heterocycles. The highest BCUT2D eigenvalue weighted by Crippen LogP contribution is 2.22. The fourth-order valence-corrected chi connectivity index (χ4v) is 2.28. The highest BCUT2D eigenvalue weighted by atomic mass is 16.5. The van der Waals surface area contributed by atoms with E-state index in [2.05, 4.69) is 16.0 Å². The second kappa shape index (κ2) is 6.87. The Bertz CT molecular complexity index is 505. The first-order valence-electron chi connectivity index (χ1n) is 6.64. The van der Waals surface area contributed by atoms with E-state index in [0.29, 0.717) is 5.56 Å². The van der Waals surface area contributed by atoms with Crippen molar-refractivity contribution in [3.05, 3.63) is 23.9 Å². The van der Waals surface area contributed by atoms with E-state index in [4.69, 9.17) is 15.1 Å². The van der Waals surface area contributed by atoms with E-state index in [0.717, 1.165) is 31.7 Å². The molecule has 1 fully saturated rings. The van der Waals surface area contributed by atoms with Crippen LogP contribution in [0, 0.1) is 11.3 Å². The molecule has 1 aliphatic rings. The Hall–Kier alpha value is -2.13. The lowest BCUT2D eigenvalue weighted by Gasteiger charge is -2.33. The van der Waals surface area contributed by atoms with Crippen molar-refractivity contribution in [1.82, 2.24) is 4.98 Å². The van der Waals surface area contributed by atoms with E-state index in [9.17, 15) is 4.79 Å². The predicted molar refractivity (Wildman–Crippen MR) is 72.4 cm³/mol. The van der Waals surface area contributed by atoms with Gasteiger partial charge in [-0.3, -0.25) is 4.79 Å². The van der Waals surface area contributed by atoms with Crippen molar-refractivity contribution < 1.29 is 14.6 Å². The third kappa shape index (κ3) is 3.68. The van der Waals surface area contributed by atoms with E-state index >= 15 is 0 Å². The van der Waals surface area contributed by atoms with Gasteiger partial charge in [0.1, 0.15) is 11.9 Å².